The van der Waals surface area contributed by atoms with Gasteiger partial charge in [0.25, 0.3) is 0 Å². The standard InChI is InChI=1S/C15H31NOS/c1-6-10-16-14-13(18-12(3)11(2)17)8-7-9-15(14,4)5/h11-14,16-17H,6-10H2,1-5H3. The zero-order valence-corrected chi connectivity index (χ0v) is 13.5. The van der Waals surface area contributed by atoms with Gasteiger partial charge < -0.3 is 10.4 Å². The molecule has 3 heteroatoms. The minimum Gasteiger partial charge on any atom is -0.392 e. The van der Waals surface area contributed by atoms with E-state index in [2.05, 4.69) is 33.0 Å². The summed E-state index contributed by atoms with van der Waals surface area (Å²) in [7, 11) is 0. The summed E-state index contributed by atoms with van der Waals surface area (Å²) in [6.07, 6.45) is 4.89. The third kappa shape index (κ3) is 4.43. The Labute approximate surface area is 117 Å². The van der Waals surface area contributed by atoms with Crippen molar-refractivity contribution in [3.05, 3.63) is 0 Å². The van der Waals surface area contributed by atoms with E-state index in [9.17, 15) is 5.11 Å². The molecule has 0 saturated heterocycles. The summed E-state index contributed by atoms with van der Waals surface area (Å²) >= 11 is 1.98. The summed E-state index contributed by atoms with van der Waals surface area (Å²) in [6.45, 7) is 12.2. The van der Waals surface area contributed by atoms with Gasteiger partial charge >= 0.3 is 0 Å². The molecular formula is C15H31NOS. The highest BCUT2D eigenvalue weighted by Crippen LogP contribution is 2.42. The maximum Gasteiger partial charge on any atom is 0.0628 e. The van der Waals surface area contributed by atoms with Crippen LogP contribution < -0.4 is 5.32 Å². The van der Waals surface area contributed by atoms with Gasteiger partial charge in [-0.05, 0) is 38.1 Å². The lowest BCUT2D eigenvalue weighted by atomic mass is 9.73. The number of nitrogens with one attached hydrogen (secondary N) is 1. The van der Waals surface area contributed by atoms with Gasteiger partial charge in [-0.1, -0.05) is 34.1 Å². The highest BCUT2D eigenvalue weighted by atomic mass is 32.2. The van der Waals surface area contributed by atoms with Gasteiger partial charge in [0, 0.05) is 16.5 Å². The Bertz CT molecular complexity index is 243. The van der Waals surface area contributed by atoms with Gasteiger partial charge in [0.2, 0.25) is 0 Å². The van der Waals surface area contributed by atoms with Gasteiger partial charge in [-0.15, -0.1) is 0 Å². The van der Waals surface area contributed by atoms with Crippen LogP contribution in [0, 0.1) is 5.41 Å². The number of hydrogen-bond donors (Lipinski definition) is 2. The lowest BCUT2D eigenvalue weighted by molar-refractivity contribution is 0.171. The van der Waals surface area contributed by atoms with E-state index in [0.717, 1.165) is 6.54 Å². The largest absolute Gasteiger partial charge is 0.392 e. The van der Waals surface area contributed by atoms with E-state index in [1.807, 2.05) is 18.7 Å². The Kier molecular flexibility index (Phi) is 6.49. The van der Waals surface area contributed by atoms with E-state index in [1.165, 1.54) is 25.7 Å². The third-order valence-corrected chi connectivity index (χ3v) is 5.89. The van der Waals surface area contributed by atoms with Crippen molar-refractivity contribution < 1.29 is 5.11 Å². The third-order valence-electron chi connectivity index (χ3n) is 4.21. The monoisotopic (exact) mass is 273 g/mol. The predicted octanol–water partition coefficient (Wildman–Crippen LogP) is 3.44. The second-order valence-corrected chi connectivity index (χ2v) is 8.05. The molecule has 1 fully saturated rings. The van der Waals surface area contributed by atoms with Gasteiger partial charge in [-0.2, -0.15) is 11.8 Å². The summed E-state index contributed by atoms with van der Waals surface area (Å²) in [6, 6.07) is 0.581. The molecule has 4 atom stereocenters. The molecule has 0 aromatic carbocycles. The van der Waals surface area contributed by atoms with Crippen LogP contribution in [0.4, 0.5) is 0 Å². The summed E-state index contributed by atoms with van der Waals surface area (Å²) in [5.41, 5.74) is 0.378. The van der Waals surface area contributed by atoms with Crippen molar-refractivity contribution in [1.29, 1.82) is 0 Å². The molecule has 18 heavy (non-hydrogen) atoms. The summed E-state index contributed by atoms with van der Waals surface area (Å²) in [5, 5.41) is 14.4. The van der Waals surface area contributed by atoms with E-state index >= 15 is 0 Å². The molecule has 0 aromatic rings. The number of aliphatic hydroxyl groups is 1. The van der Waals surface area contributed by atoms with E-state index in [4.69, 9.17) is 0 Å². The van der Waals surface area contributed by atoms with Crippen molar-refractivity contribution in [2.75, 3.05) is 6.54 Å². The molecule has 0 bridgehead atoms. The Morgan fingerprint density at radius 3 is 2.61 bits per heavy atom. The zero-order valence-electron chi connectivity index (χ0n) is 12.7. The van der Waals surface area contributed by atoms with Crippen molar-refractivity contribution >= 4 is 11.8 Å². The van der Waals surface area contributed by atoms with E-state index in [1.54, 1.807) is 0 Å². The molecule has 0 amide bonds. The first-order valence-corrected chi connectivity index (χ1v) is 8.39. The van der Waals surface area contributed by atoms with Crippen LogP contribution in [0.5, 0.6) is 0 Å². The Morgan fingerprint density at radius 1 is 1.39 bits per heavy atom. The van der Waals surface area contributed by atoms with Crippen LogP contribution >= 0.6 is 11.8 Å². The first-order valence-electron chi connectivity index (χ1n) is 7.45. The van der Waals surface area contributed by atoms with Gasteiger partial charge in [0.1, 0.15) is 0 Å². The first-order chi connectivity index (χ1) is 8.38. The summed E-state index contributed by atoms with van der Waals surface area (Å²) < 4.78 is 0. The predicted molar refractivity (Wildman–Crippen MR) is 82.2 cm³/mol. The summed E-state index contributed by atoms with van der Waals surface area (Å²) in [4.78, 5) is 0. The molecule has 1 aliphatic rings. The average molecular weight is 273 g/mol. The molecule has 1 saturated carbocycles. The van der Waals surface area contributed by atoms with E-state index < -0.39 is 0 Å². The molecule has 4 unspecified atom stereocenters. The molecular weight excluding hydrogens is 242 g/mol. The van der Waals surface area contributed by atoms with Crippen LogP contribution in [-0.2, 0) is 0 Å². The smallest absolute Gasteiger partial charge is 0.0628 e. The second kappa shape index (κ2) is 7.16. The number of thioether (sulfide) groups is 1. The topological polar surface area (TPSA) is 32.3 Å². The van der Waals surface area contributed by atoms with Gasteiger partial charge in [-0.3, -0.25) is 0 Å². The van der Waals surface area contributed by atoms with Crippen LogP contribution in [0.1, 0.15) is 60.3 Å². The number of hydrogen-bond acceptors (Lipinski definition) is 3. The maximum atomic E-state index is 9.70. The fourth-order valence-electron chi connectivity index (χ4n) is 2.83. The van der Waals surface area contributed by atoms with E-state index in [-0.39, 0.29) is 6.10 Å². The highest BCUT2D eigenvalue weighted by Gasteiger charge is 2.39. The van der Waals surface area contributed by atoms with Crippen LogP contribution in [0.15, 0.2) is 0 Å². The number of rotatable bonds is 6. The fourth-order valence-corrected chi connectivity index (χ4v) is 4.53. The average Bonchev–Trinajstić information content (AvgIpc) is 2.27. The molecule has 0 aromatic heterocycles. The fraction of sp³-hybridized carbons (Fsp3) is 1.00. The van der Waals surface area contributed by atoms with Gasteiger partial charge in [0.05, 0.1) is 6.10 Å². The van der Waals surface area contributed by atoms with Crippen molar-refractivity contribution in [3.8, 4) is 0 Å². The maximum absolute atomic E-state index is 9.70. The molecule has 0 heterocycles. The van der Waals surface area contributed by atoms with Crippen molar-refractivity contribution in [1.82, 2.24) is 5.32 Å². The Hall–Kier alpha value is 0.270. The van der Waals surface area contributed by atoms with Crippen molar-refractivity contribution in [3.63, 3.8) is 0 Å². The van der Waals surface area contributed by atoms with Crippen LogP contribution in [0.25, 0.3) is 0 Å². The molecule has 0 spiro atoms. The lowest BCUT2D eigenvalue weighted by Crippen LogP contribution is -2.52. The minimum atomic E-state index is -0.216. The molecule has 2 N–H and O–H groups in total. The minimum absolute atomic E-state index is 0.216. The molecule has 108 valence electrons. The van der Waals surface area contributed by atoms with Crippen LogP contribution in [-0.4, -0.2) is 34.3 Å². The summed E-state index contributed by atoms with van der Waals surface area (Å²) in [5.74, 6) is 0. The molecule has 0 radical (unpaired) electrons. The van der Waals surface area contributed by atoms with Crippen molar-refractivity contribution in [2.24, 2.45) is 5.41 Å². The molecule has 1 rings (SSSR count). The zero-order chi connectivity index (χ0) is 13.8. The van der Waals surface area contributed by atoms with Crippen LogP contribution in [0.2, 0.25) is 0 Å². The molecule has 2 nitrogen and oxygen atoms in total. The van der Waals surface area contributed by atoms with Gasteiger partial charge in [-0.25, -0.2) is 0 Å². The SMILES string of the molecule is CCCNC1C(SC(C)C(C)O)CCCC1(C)C. The normalized spacial score (nSPS) is 31.0. The van der Waals surface area contributed by atoms with Crippen LogP contribution in [0.3, 0.4) is 0 Å². The van der Waals surface area contributed by atoms with Gasteiger partial charge in [0.15, 0.2) is 0 Å². The second-order valence-electron chi connectivity index (χ2n) is 6.43. The molecule has 0 aliphatic heterocycles. The van der Waals surface area contributed by atoms with E-state index in [0.29, 0.717) is 22.0 Å². The quantitative estimate of drug-likeness (QED) is 0.777. The molecule has 1 aliphatic carbocycles. The number of aliphatic hydroxyl groups excluding tert-OH is 1. The Balaban J connectivity index is 2.66. The van der Waals surface area contributed by atoms with Crippen molar-refractivity contribution in [2.45, 2.75) is 82.9 Å². The Morgan fingerprint density at radius 2 is 2.06 bits per heavy atom. The first kappa shape index (κ1) is 16.3. The highest BCUT2D eigenvalue weighted by molar-refractivity contribution is 8.00. The lowest BCUT2D eigenvalue weighted by Gasteiger charge is -2.45.